The van der Waals surface area contributed by atoms with E-state index < -0.39 is 18.8 Å². The first-order valence-corrected chi connectivity index (χ1v) is 6.90. The van der Waals surface area contributed by atoms with E-state index in [1.54, 1.807) is 19.1 Å². The number of rotatable bonds is 6. The van der Waals surface area contributed by atoms with E-state index >= 15 is 0 Å². The fraction of sp³-hybridized carbons (Fsp3) is 0.600. The number of benzene rings is 1. The molecule has 0 radical (unpaired) electrons. The number of alkyl halides is 3. The number of nitrogens with zero attached hydrogens (tertiary/aromatic N) is 1. The minimum atomic E-state index is -4.18. The lowest BCUT2D eigenvalue weighted by Crippen LogP contribution is -2.39. The maximum Gasteiger partial charge on any atom is 0.401 e. The summed E-state index contributed by atoms with van der Waals surface area (Å²) < 4.78 is 37.7. The number of hydrogen-bond acceptors (Lipinski definition) is 2. The lowest BCUT2D eigenvalue weighted by molar-refractivity contribution is -0.149. The van der Waals surface area contributed by atoms with Crippen molar-refractivity contribution >= 4 is 0 Å². The normalized spacial score (nSPS) is 19.1. The molecule has 1 aromatic rings. The van der Waals surface area contributed by atoms with Crippen molar-refractivity contribution in [2.24, 2.45) is 5.92 Å². The van der Waals surface area contributed by atoms with E-state index in [1.807, 2.05) is 18.2 Å². The monoisotopic (exact) mass is 287 g/mol. The fourth-order valence-electron chi connectivity index (χ4n) is 2.46. The van der Waals surface area contributed by atoms with Gasteiger partial charge in [-0.2, -0.15) is 13.2 Å². The zero-order valence-corrected chi connectivity index (χ0v) is 11.5. The predicted molar refractivity (Wildman–Crippen MR) is 71.2 cm³/mol. The van der Waals surface area contributed by atoms with Crippen LogP contribution in [-0.4, -0.2) is 35.3 Å². The highest BCUT2D eigenvalue weighted by Gasteiger charge is 2.39. The number of aliphatic hydroxyl groups excluding tert-OH is 1. The van der Waals surface area contributed by atoms with Gasteiger partial charge in [0.2, 0.25) is 0 Å². The van der Waals surface area contributed by atoms with Gasteiger partial charge in [-0.05, 0) is 24.3 Å². The molecule has 0 aliphatic heterocycles. The second-order valence-electron chi connectivity index (χ2n) is 5.61. The van der Waals surface area contributed by atoms with Crippen molar-refractivity contribution in [2.75, 3.05) is 13.1 Å². The summed E-state index contributed by atoms with van der Waals surface area (Å²) in [7, 11) is 0. The van der Waals surface area contributed by atoms with Gasteiger partial charge in [0.25, 0.3) is 0 Å². The predicted octanol–water partition coefficient (Wildman–Crippen LogP) is 3.38. The van der Waals surface area contributed by atoms with Gasteiger partial charge in [0.15, 0.2) is 0 Å². The molecule has 1 fully saturated rings. The van der Waals surface area contributed by atoms with E-state index in [9.17, 15) is 18.3 Å². The molecule has 0 heterocycles. The zero-order valence-electron chi connectivity index (χ0n) is 11.5. The molecular weight excluding hydrogens is 267 g/mol. The van der Waals surface area contributed by atoms with Gasteiger partial charge in [-0.25, -0.2) is 0 Å². The third-order valence-electron chi connectivity index (χ3n) is 3.65. The quantitative estimate of drug-likeness (QED) is 0.867. The molecule has 0 saturated heterocycles. The third-order valence-corrected chi connectivity index (χ3v) is 3.65. The first-order chi connectivity index (χ1) is 9.37. The summed E-state index contributed by atoms with van der Waals surface area (Å²) in [6.07, 6.45) is -3.26. The third kappa shape index (κ3) is 4.49. The van der Waals surface area contributed by atoms with Crippen molar-refractivity contribution in [2.45, 2.75) is 38.1 Å². The van der Waals surface area contributed by atoms with Crippen molar-refractivity contribution < 1.29 is 18.3 Å². The first kappa shape index (κ1) is 15.3. The standard InChI is InChI=1S/C15H20F3NO/c1-11(14(20)12-5-3-2-4-6-12)9-19(13-7-8-13)10-15(16,17)18/h2-6,11,13-14,20H,7-10H2,1H3. The van der Waals surface area contributed by atoms with Gasteiger partial charge in [-0.3, -0.25) is 4.90 Å². The van der Waals surface area contributed by atoms with Crippen molar-refractivity contribution in [3.05, 3.63) is 35.9 Å². The highest BCUT2D eigenvalue weighted by Crippen LogP contribution is 2.32. The SMILES string of the molecule is CC(CN(CC(F)(F)F)C1CC1)C(O)c1ccccc1. The van der Waals surface area contributed by atoms with Gasteiger partial charge in [0.1, 0.15) is 0 Å². The zero-order chi connectivity index (χ0) is 14.8. The van der Waals surface area contributed by atoms with Crippen molar-refractivity contribution in [3.8, 4) is 0 Å². The van der Waals surface area contributed by atoms with Crippen LogP contribution in [0.25, 0.3) is 0 Å². The highest BCUT2D eigenvalue weighted by molar-refractivity contribution is 5.17. The van der Waals surface area contributed by atoms with Gasteiger partial charge in [0, 0.05) is 12.6 Å². The van der Waals surface area contributed by atoms with Gasteiger partial charge >= 0.3 is 6.18 Å². The molecule has 20 heavy (non-hydrogen) atoms. The van der Waals surface area contributed by atoms with Crippen LogP contribution in [-0.2, 0) is 0 Å². The lowest BCUT2D eigenvalue weighted by Gasteiger charge is -2.29. The Labute approximate surface area is 117 Å². The van der Waals surface area contributed by atoms with Gasteiger partial charge in [-0.15, -0.1) is 0 Å². The fourth-order valence-corrected chi connectivity index (χ4v) is 2.46. The van der Waals surface area contributed by atoms with Crippen molar-refractivity contribution in [3.63, 3.8) is 0 Å². The number of halogens is 3. The van der Waals surface area contributed by atoms with Crippen LogP contribution >= 0.6 is 0 Å². The molecular formula is C15H20F3NO. The summed E-state index contributed by atoms with van der Waals surface area (Å²) in [6.45, 7) is 1.17. The van der Waals surface area contributed by atoms with Crippen LogP contribution in [0.3, 0.4) is 0 Å². The second kappa shape index (κ2) is 6.14. The molecule has 2 nitrogen and oxygen atoms in total. The molecule has 0 amide bonds. The molecule has 0 spiro atoms. The molecule has 2 atom stereocenters. The summed E-state index contributed by atoms with van der Waals surface area (Å²) in [6, 6.07) is 9.11. The molecule has 1 N–H and O–H groups in total. The Morgan fingerprint density at radius 2 is 1.85 bits per heavy atom. The van der Waals surface area contributed by atoms with Crippen LogP contribution in [0.15, 0.2) is 30.3 Å². The molecule has 2 unspecified atom stereocenters. The van der Waals surface area contributed by atoms with E-state index in [1.165, 1.54) is 4.90 Å². The van der Waals surface area contributed by atoms with Crippen LogP contribution in [0.5, 0.6) is 0 Å². The number of hydrogen-bond donors (Lipinski definition) is 1. The Balaban J connectivity index is 1.96. The molecule has 112 valence electrons. The molecule has 1 saturated carbocycles. The first-order valence-electron chi connectivity index (χ1n) is 6.90. The topological polar surface area (TPSA) is 23.5 Å². The van der Waals surface area contributed by atoms with Crippen LogP contribution in [0.2, 0.25) is 0 Å². The molecule has 2 rings (SSSR count). The summed E-state index contributed by atoms with van der Waals surface area (Å²) in [5.74, 6) is -0.236. The molecule has 1 aliphatic rings. The Morgan fingerprint density at radius 1 is 1.25 bits per heavy atom. The largest absolute Gasteiger partial charge is 0.401 e. The van der Waals surface area contributed by atoms with Crippen molar-refractivity contribution in [1.29, 1.82) is 0 Å². The van der Waals surface area contributed by atoms with Gasteiger partial charge in [-0.1, -0.05) is 37.3 Å². The van der Waals surface area contributed by atoms with Gasteiger partial charge < -0.3 is 5.11 Å². The Hall–Kier alpha value is -1.07. The summed E-state index contributed by atoms with van der Waals surface area (Å²) in [4.78, 5) is 1.46. The van der Waals surface area contributed by atoms with E-state index in [-0.39, 0.29) is 18.5 Å². The summed E-state index contributed by atoms with van der Waals surface area (Å²) in [5.41, 5.74) is 0.753. The smallest absolute Gasteiger partial charge is 0.388 e. The highest BCUT2D eigenvalue weighted by atomic mass is 19.4. The maximum absolute atomic E-state index is 12.6. The van der Waals surface area contributed by atoms with E-state index in [0.717, 1.165) is 18.4 Å². The average Bonchev–Trinajstić information content (AvgIpc) is 3.20. The summed E-state index contributed by atoms with van der Waals surface area (Å²) >= 11 is 0. The molecule has 0 bridgehead atoms. The molecule has 5 heteroatoms. The molecule has 1 aliphatic carbocycles. The van der Waals surface area contributed by atoms with E-state index in [4.69, 9.17) is 0 Å². The van der Waals surface area contributed by atoms with E-state index in [0.29, 0.717) is 0 Å². The molecule has 1 aromatic carbocycles. The maximum atomic E-state index is 12.6. The van der Waals surface area contributed by atoms with E-state index in [2.05, 4.69) is 0 Å². The van der Waals surface area contributed by atoms with Crippen molar-refractivity contribution in [1.82, 2.24) is 4.90 Å². The lowest BCUT2D eigenvalue weighted by atomic mass is 9.97. The summed E-state index contributed by atoms with van der Waals surface area (Å²) in [5, 5.41) is 10.2. The average molecular weight is 287 g/mol. The Bertz CT molecular complexity index is 417. The van der Waals surface area contributed by atoms with Crippen LogP contribution < -0.4 is 0 Å². The Kier molecular flexibility index (Phi) is 4.70. The number of aliphatic hydroxyl groups is 1. The van der Waals surface area contributed by atoms with Crippen LogP contribution in [0, 0.1) is 5.92 Å². The second-order valence-corrected chi connectivity index (χ2v) is 5.61. The molecule has 0 aromatic heterocycles. The Morgan fingerprint density at radius 3 is 2.35 bits per heavy atom. The van der Waals surface area contributed by atoms with Crippen LogP contribution in [0.4, 0.5) is 13.2 Å². The minimum Gasteiger partial charge on any atom is -0.388 e. The van der Waals surface area contributed by atoms with Crippen LogP contribution in [0.1, 0.15) is 31.4 Å². The van der Waals surface area contributed by atoms with Gasteiger partial charge in [0.05, 0.1) is 12.6 Å². The minimum absolute atomic E-state index is 0.0297.